The van der Waals surface area contributed by atoms with Crippen LogP contribution < -0.4 is 16.2 Å². The van der Waals surface area contributed by atoms with Crippen LogP contribution in [0, 0.1) is 0 Å². The van der Waals surface area contributed by atoms with Gasteiger partial charge in [0.05, 0.1) is 12.8 Å². The molecule has 1 aromatic heterocycles. The predicted octanol–water partition coefficient (Wildman–Crippen LogP) is 5.85. The molecule has 30 heavy (non-hydrogen) atoms. The van der Waals surface area contributed by atoms with Crippen LogP contribution in [0.25, 0.3) is 26.9 Å². The lowest BCUT2D eigenvalue weighted by Gasteiger charge is -2.06. The maximum Gasteiger partial charge on any atom is 0.126 e. The van der Waals surface area contributed by atoms with Gasteiger partial charge >= 0.3 is 0 Å². The number of methoxy groups -OCH3 is 1. The number of thiol groups is 1. The number of hydrogen-bond donors (Lipinski definition) is 3. The topological polar surface area (TPSA) is 73.6 Å². The van der Waals surface area contributed by atoms with Crippen LogP contribution in [0.3, 0.4) is 0 Å². The van der Waals surface area contributed by atoms with Crippen molar-refractivity contribution in [3.8, 4) is 16.9 Å². The molecule has 0 aliphatic carbocycles. The van der Waals surface area contributed by atoms with Gasteiger partial charge < -0.3 is 16.2 Å². The van der Waals surface area contributed by atoms with E-state index >= 15 is 0 Å². The summed E-state index contributed by atoms with van der Waals surface area (Å²) >= 11 is 5.95. The summed E-state index contributed by atoms with van der Waals surface area (Å²) in [5, 5.41) is 3.15. The SMILES string of the molecule is COc1ccc(-c2cccc3c(/C(N)=C/C(N)=Nc4ccc(S)cc4)csc23)cc1. The molecule has 0 radical (unpaired) electrons. The van der Waals surface area contributed by atoms with Crippen molar-refractivity contribution in [2.45, 2.75) is 4.90 Å². The van der Waals surface area contributed by atoms with Crippen LogP contribution in [-0.2, 0) is 0 Å². The number of nitrogens with two attached hydrogens (primary N) is 2. The minimum atomic E-state index is 0.352. The predicted molar refractivity (Wildman–Crippen MR) is 131 cm³/mol. The summed E-state index contributed by atoms with van der Waals surface area (Å²) in [5.41, 5.74) is 17.1. The number of nitrogens with zero attached hydrogens (tertiary/aromatic N) is 1. The molecule has 0 aliphatic heterocycles. The minimum absolute atomic E-state index is 0.352. The summed E-state index contributed by atoms with van der Waals surface area (Å²) in [7, 11) is 1.67. The van der Waals surface area contributed by atoms with Crippen molar-refractivity contribution in [1.82, 2.24) is 0 Å². The zero-order valence-corrected chi connectivity index (χ0v) is 18.1. The highest BCUT2D eigenvalue weighted by Crippen LogP contribution is 2.37. The number of benzene rings is 3. The van der Waals surface area contributed by atoms with E-state index < -0.39 is 0 Å². The average Bonchev–Trinajstić information content (AvgIpc) is 3.20. The number of ether oxygens (including phenoxy) is 1. The maximum absolute atomic E-state index is 6.39. The van der Waals surface area contributed by atoms with Gasteiger partial charge in [0.2, 0.25) is 0 Å². The van der Waals surface area contributed by atoms with E-state index in [0.29, 0.717) is 11.5 Å². The fraction of sp³-hybridized carbons (Fsp3) is 0.0417. The molecule has 0 amide bonds. The van der Waals surface area contributed by atoms with Gasteiger partial charge in [-0.15, -0.1) is 24.0 Å². The van der Waals surface area contributed by atoms with Crippen molar-refractivity contribution in [3.63, 3.8) is 0 Å². The fourth-order valence-corrected chi connectivity index (χ4v) is 4.49. The molecule has 4 N–H and O–H groups in total. The second-order valence-corrected chi connectivity index (χ2v) is 8.11. The Balaban J connectivity index is 1.69. The lowest BCUT2D eigenvalue weighted by atomic mass is 10.0. The molecule has 0 saturated carbocycles. The van der Waals surface area contributed by atoms with Crippen molar-refractivity contribution >= 4 is 51.3 Å². The smallest absolute Gasteiger partial charge is 0.126 e. The van der Waals surface area contributed by atoms with E-state index in [9.17, 15) is 0 Å². The fourth-order valence-electron chi connectivity index (χ4n) is 3.22. The summed E-state index contributed by atoms with van der Waals surface area (Å²) in [6, 6.07) is 21.8. The molecule has 4 aromatic rings. The van der Waals surface area contributed by atoms with Gasteiger partial charge in [0, 0.05) is 37.7 Å². The monoisotopic (exact) mass is 431 g/mol. The van der Waals surface area contributed by atoms with Crippen molar-refractivity contribution in [1.29, 1.82) is 0 Å². The van der Waals surface area contributed by atoms with Crippen LogP contribution in [0.15, 0.2) is 88.1 Å². The van der Waals surface area contributed by atoms with Crippen LogP contribution in [0.2, 0.25) is 0 Å². The number of rotatable bonds is 5. The number of aliphatic imine (C=N–C) groups is 1. The Morgan fingerprint density at radius 2 is 1.73 bits per heavy atom. The van der Waals surface area contributed by atoms with Gasteiger partial charge in [-0.3, -0.25) is 0 Å². The van der Waals surface area contributed by atoms with E-state index in [1.807, 2.05) is 42.5 Å². The van der Waals surface area contributed by atoms with Crippen LogP contribution in [0.5, 0.6) is 5.75 Å². The van der Waals surface area contributed by atoms with Crippen molar-refractivity contribution in [3.05, 3.63) is 83.7 Å². The molecule has 0 aliphatic rings. The molecule has 0 unspecified atom stereocenters. The van der Waals surface area contributed by atoms with Gasteiger partial charge in [0.25, 0.3) is 0 Å². The molecule has 0 bridgehead atoms. The zero-order chi connectivity index (χ0) is 21.1. The summed E-state index contributed by atoms with van der Waals surface area (Å²) in [4.78, 5) is 5.28. The third-order valence-electron chi connectivity index (χ3n) is 4.72. The molecule has 3 aromatic carbocycles. The molecular formula is C24H21N3OS2. The van der Waals surface area contributed by atoms with Crippen molar-refractivity contribution < 1.29 is 4.74 Å². The highest BCUT2D eigenvalue weighted by atomic mass is 32.1. The number of thiophene rings is 1. The van der Waals surface area contributed by atoms with E-state index in [4.69, 9.17) is 16.2 Å². The van der Waals surface area contributed by atoms with Gasteiger partial charge in [-0.05, 0) is 47.5 Å². The largest absolute Gasteiger partial charge is 0.497 e. The first kappa shape index (κ1) is 20.1. The number of fused-ring (bicyclic) bond motifs is 1. The third-order valence-corrected chi connectivity index (χ3v) is 6.05. The number of amidine groups is 1. The second-order valence-electron chi connectivity index (χ2n) is 6.71. The molecule has 1 heterocycles. The Labute approximate surface area is 184 Å². The van der Waals surface area contributed by atoms with Crippen LogP contribution in [0.1, 0.15) is 5.56 Å². The molecule has 0 fully saturated rings. The first-order valence-corrected chi connectivity index (χ1v) is 10.6. The first-order valence-electron chi connectivity index (χ1n) is 9.30. The molecule has 0 atom stereocenters. The maximum atomic E-state index is 6.39. The summed E-state index contributed by atoms with van der Waals surface area (Å²) in [6.45, 7) is 0. The lowest BCUT2D eigenvalue weighted by Crippen LogP contribution is -2.10. The Morgan fingerprint density at radius 1 is 1.00 bits per heavy atom. The Hall–Kier alpha value is -3.22. The van der Waals surface area contributed by atoms with Crippen LogP contribution in [-0.4, -0.2) is 12.9 Å². The lowest BCUT2D eigenvalue weighted by molar-refractivity contribution is 0.415. The molecule has 4 nitrogen and oxygen atoms in total. The van der Waals surface area contributed by atoms with Gasteiger partial charge in [0.1, 0.15) is 11.6 Å². The van der Waals surface area contributed by atoms with Crippen molar-refractivity contribution in [2.75, 3.05) is 7.11 Å². The van der Waals surface area contributed by atoms with Gasteiger partial charge in [-0.2, -0.15) is 0 Å². The van der Waals surface area contributed by atoms with E-state index in [-0.39, 0.29) is 0 Å². The third kappa shape index (κ3) is 4.20. The summed E-state index contributed by atoms with van der Waals surface area (Å²) in [6.07, 6.45) is 1.70. The van der Waals surface area contributed by atoms with E-state index in [1.165, 1.54) is 4.70 Å². The zero-order valence-electron chi connectivity index (χ0n) is 16.4. The van der Waals surface area contributed by atoms with Crippen LogP contribution >= 0.6 is 24.0 Å². The quantitative estimate of drug-likeness (QED) is 0.211. The standard InChI is InChI=1S/C24H21N3OS2/c1-28-17-9-5-15(6-10-17)19-3-2-4-20-21(14-30-24(19)20)22(25)13-23(26)27-16-7-11-18(29)12-8-16/h2-14,29H,25H2,1H3,(H2,26,27)/b22-13-. The Kier molecular flexibility index (Phi) is 5.79. The molecule has 0 saturated heterocycles. The average molecular weight is 432 g/mol. The van der Waals surface area contributed by atoms with E-state index in [2.05, 4.69) is 47.3 Å². The van der Waals surface area contributed by atoms with Gasteiger partial charge in [-0.1, -0.05) is 30.3 Å². The van der Waals surface area contributed by atoms with Gasteiger partial charge in [-0.25, -0.2) is 4.99 Å². The highest BCUT2D eigenvalue weighted by Gasteiger charge is 2.11. The summed E-state index contributed by atoms with van der Waals surface area (Å²) < 4.78 is 6.44. The second kappa shape index (κ2) is 8.65. The molecule has 0 spiro atoms. The van der Waals surface area contributed by atoms with Crippen LogP contribution in [0.4, 0.5) is 5.69 Å². The Bertz CT molecular complexity index is 1240. The molecule has 150 valence electrons. The Morgan fingerprint density at radius 3 is 2.43 bits per heavy atom. The van der Waals surface area contributed by atoms with E-state index in [0.717, 1.165) is 38.4 Å². The molecule has 6 heteroatoms. The normalized spacial score (nSPS) is 12.3. The minimum Gasteiger partial charge on any atom is -0.497 e. The van der Waals surface area contributed by atoms with E-state index in [1.54, 1.807) is 24.5 Å². The van der Waals surface area contributed by atoms with Gasteiger partial charge in [0.15, 0.2) is 0 Å². The first-order chi connectivity index (χ1) is 14.5. The number of hydrogen-bond acceptors (Lipinski definition) is 5. The molecular weight excluding hydrogens is 410 g/mol. The summed E-state index contributed by atoms with van der Waals surface area (Å²) in [5.74, 6) is 1.19. The van der Waals surface area contributed by atoms with Crippen molar-refractivity contribution in [2.24, 2.45) is 16.5 Å². The molecule has 4 rings (SSSR count). The highest BCUT2D eigenvalue weighted by molar-refractivity contribution is 7.80.